The molecule has 0 spiro atoms. The zero-order chi connectivity index (χ0) is 13.3. The van der Waals surface area contributed by atoms with Crippen molar-refractivity contribution in [2.75, 3.05) is 26.3 Å². The number of nitrogens with zero attached hydrogens (tertiary/aromatic N) is 2. The zero-order valence-corrected chi connectivity index (χ0v) is 12.1. The van der Waals surface area contributed by atoms with E-state index >= 15 is 0 Å². The van der Waals surface area contributed by atoms with Crippen molar-refractivity contribution >= 4 is 11.8 Å². The minimum absolute atomic E-state index is 0.164. The maximum absolute atomic E-state index is 5.74. The van der Waals surface area contributed by atoms with Crippen molar-refractivity contribution in [3.8, 4) is 0 Å². The standard InChI is InChI=1S/C15H26N2O2/c1-2-3-4-5-8-13(14-16-9-6-11-18-14)15-17-10-7-12-19-15/h13H,2-12H2,1H3. The van der Waals surface area contributed by atoms with E-state index in [0.29, 0.717) is 0 Å². The largest absolute Gasteiger partial charge is 0.480 e. The second kappa shape index (κ2) is 8.18. The van der Waals surface area contributed by atoms with Gasteiger partial charge in [-0.25, -0.2) is 0 Å². The van der Waals surface area contributed by atoms with Gasteiger partial charge in [0.2, 0.25) is 0 Å². The van der Waals surface area contributed by atoms with Crippen LogP contribution < -0.4 is 0 Å². The predicted molar refractivity (Wildman–Crippen MR) is 78.0 cm³/mol. The van der Waals surface area contributed by atoms with Crippen molar-refractivity contribution in [3.63, 3.8) is 0 Å². The number of aliphatic imine (C=N–C) groups is 2. The highest BCUT2D eigenvalue weighted by molar-refractivity contribution is 6.00. The summed E-state index contributed by atoms with van der Waals surface area (Å²) in [5, 5.41) is 0. The molecule has 2 rings (SSSR count). The Kier molecular flexibility index (Phi) is 6.18. The van der Waals surface area contributed by atoms with Crippen LogP contribution in [-0.4, -0.2) is 38.1 Å². The lowest BCUT2D eigenvalue weighted by atomic mass is 9.99. The van der Waals surface area contributed by atoms with Crippen LogP contribution in [0.15, 0.2) is 9.98 Å². The molecule has 0 aromatic heterocycles. The highest BCUT2D eigenvalue weighted by Gasteiger charge is 2.27. The van der Waals surface area contributed by atoms with Crippen LogP contribution >= 0.6 is 0 Å². The maximum Gasteiger partial charge on any atom is 0.195 e. The molecule has 0 N–H and O–H groups in total. The average molecular weight is 266 g/mol. The molecule has 0 atom stereocenters. The summed E-state index contributed by atoms with van der Waals surface area (Å²) >= 11 is 0. The topological polar surface area (TPSA) is 43.2 Å². The van der Waals surface area contributed by atoms with Crippen LogP contribution in [0.1, 0.15) is 51.9 Å². The van der Waals surface area contributed by atoms with Crippen LogP contribution in [0, 0.1) is 5.92 Å². The van der Waals surface area contributed by atoms with Crippen molar-refractivity contribution in [1.82, 2.24) is 0 Å². The van der Waals surface area contributed by atoms with Gasteiger partial charge in [-0.05, 0) is 6.42 Å². The summed E-state index contributed by atoms with van der Waals surface area (Å²) in [6.45, 7) is 5.58. The Balaban J connectivity index is 1.95. The summed E-state index contributed by atoms with van der Waals surface area (Å²) in [5.41, 5.74) is 0. The molecular formula is C15H26N2O2. The van der Waals surface area contributed by atoms with Crippen LogP contribution in [0.4, 0.5) is 0 Å². The van der Waals surface area contributed by atoms with Crippen molar-refractivity contribution in [3.05, 3.63) is 0 Å². The number of rotatable bonds is 7. The third-order valence-electron chi connectivity index (χ3n) is 3.58. The molecule has 0 aromatic rings. The number of hydrogen-bond donors (Lipinski definition) is 0. The van der Waals surface area contributed by atoms with E-state index in [9.17, 15) is 0 Å². The molecule has 4 nitrogen and oxygen atoms in total. The van der Waals surface area contributed by atoms with Gasteiger partial charge in [0.05, 0.1) is 13.2 Å². The molecule has 108 valence electrons. The van der Waals surface area contributed by atoms with Crippen LogP contribution in [0.25, 0.3) is 0 Å². The minimum atomic E-state index is 0.164. The van der Waals surface area contributed by atoms with E-state index in [0.717, 1.165) is 57.4 Å². The summed E-state index contributed by atoms with van der Waals surface area (Å²) < 4.78 is 11.5. The summed E-state index contributed by atoms with van der Waals surface area (Å²) in [6.07, 6.45) is 8.14. The van der Waals surface area contributed by atoms with Gasteiger partial charge in [0, 0.05) is 25.9 Å². The van der Waals surface area contributed by atoms with E-state index in [1.807, 2.05) is 0 Å². The first kappa shape index (κ1) is 14.4. The Morgan fingerprint density at radius 2 is 1.58 bits per heavy atom. The van der Waals surface area contributed by atoms with Gasteiger partial charge < -0.3 is 9.47 Å². The SMILES string of the molecule is CCCCCCC(C1=NCCCO1)C1=NCCCO1. The average Bonchev–Trinajstić information content (AvgIpc) is 2.49. The Hall–Kier alpha value is -1.06. The Morgan fingerprint density at radius 1 is 0.947 bits per heavy atom. The van der Waals surface area contributed by atoms with Crippen LogP contribution in [-0.2, 0) is 9.47 Å². The summed E-state index contributed by atoms with van der Waals surface area (Å²) in [6, 6.07) is 0. The molecular weight excluding hydrogens is 240 g/mol. The van der Waals surface area contributed by atoms with E-state index in [4.69, 9.17) is 9.47 Å². The van der Waals surface area contributed by atoms with Gasteiger partial charge >= 0.3 is 0 Å². The molecule has 0 amide bonds. The minimum Gasteiger partial charge on any atom is -0.480 e. The Bertz CT molecular complexity index is 300. The van der Waals surface area contributed by atoms with Gasteiger partial charge in [0.15, 0.2) is 11.8 Å². The molecule has 0 aliphatic carbocycles. The molecule has 0 aromatic carbocycles. The van der Waals surface area contributed by atoms with Crippen molar-refractivity contribution in [2.45, 2.75) is 51.9 Å². The van der Waals surface area contributed by atoms with Crippen LogP contribution in [0.5, 0.6) is 0 Å². The maximum atomic E-state index is 5.74. The second-order valence-corrected chi connectivity index (χ2v) is 5.25. The second-order valence-electron chi connectivity index (χ2n) is 5.25. The van der Waals surface area contributed by atoms with Gasteiger partial charge in [0.25, 0.3) is 0 Å². The first-order chi connectivity index (χ1) is 9.42. The fourth-order valence-corrected chi connectivity index (χ4v) is 2.50. The van der Waals surface area contributed by atoms with Gasteiger partial charge in [-0.1, -0.05) is 32.6 Å². The molecule has 0 radical (unpaired) electrons. The molecule has 19 heavy (non-hydrogen) atoms. The Morgan fingerprint density at radius 3 is 2.05 bits per heavy atom. The van der Waals surface area contributed by atoms with Crippen molar-refractivity contribution in [2.24, 2.45) is 15.9 Å². The summed E-state index contributed by atoms with van der Waals surface area (Å²) in [7, 11) is 0. The summed E-state index contributed by atoms with van der Waals surface area (Å²) in [5.74, 6) is 1.89. The van der Waals surface area contributed by atoms with Crippen LogP contribution in [0.2, 0.25) is 0 Å². The fourth-order valence-electron chi connectivity index (χ4n) is 2.50. The van der Waals surface area contributed by atoms with Gasteiger partial charge in [0.1, 0.15) is 5.92 Å². The molecule has 4 heteroatoms. The lowest BCUT2D eigenvalue weighted by Gasteiger charge is -2.25. The highest BCUT2D eigenvalue weighted by Crippen LogP contribution is 2.20. The van der Waals surface area contributed by atoms with Crippen LogP contribution in [0.3, 0.4) is 0 Å². The third-order valence-corrected chi connectivity index (χ3v) is 3.58. The Labute approximate surface area is 116 Å². The third kappa shape index (κ3) is 4.51. The monoisotopic (exact) mass is 266 g/mol. The van der Waals surface area contributed by atoms with E-state index in [-0.39, 0.29) is 5.92 Å². The molecule has 0 bridgehead atoms. The number of ether oxygens (including phenoxy) is 2. The van der Waals surface area contributed by atoms with Crippen molar-refractivity contribution in [1.29, 1.82) is 0 Å². The molecule has 2 heterocycles. The number of hydrogen-bond acceptors (Lipinski definition) is 4. The normalized spacial score (nSPS) is 19.5. The fraction of sp³-hybridized carbons (Fsp3) is 0.867. The van der Waals surface area contributed by atoms with E-state index < -0.39 is 0 Å². The lowest BCUT2D eigenvalue weighted by molar-refractivity contribution is 0.236. The molecule has 2 aliphatic heterocycles. The smallest absolute Gasteiger partial charge is 0.195 e. The van der Waals surface area contributed by atoms with E-state index in [1.54, 1.807) is 0 Å². The molecule has 0 saturated heterocycles. The van der Waals surface area contributed by atoms with Gasteiger partial charge in [-0.2, -0.15) is 0 Å². The van der Waals surface area contributed by atoms with Crippen molar-refractivity contribution < 1.29 is 9.47 Å². The predicted octanol–water partition coefficient (Wildman–Crippen LogP) is 3.21. The lowest BCUT2D eigenvalue weighted by Crippen LogP contribution is -2.32. The molecule has 0 saturated carbocycles. The molecule has 0 unspecified atom stereocenters. The van der Waals surface area contributed by atoms with E-state index in [1.165, 1.54) is 25.7 Å². The quantitative estimate of drug-likeness (QED) is 0.664. The molecule has 0 fully saturated rings. The molecule has 2 aliphatic rings. The van der Waals surface area contributed by atoms with Gasteiger partial charge in [-0.3, -0.25) is 9.98 Å². The van der Waals surface area contributed by atoms with E-state index in [2.05, 4.69) is 16.9 Å². The first-order valence-electron chi connectivity index (χ1n) is 7.76. The highest BCUT2D eigenvalue weighted by atomic mass is 16.5. The zero-order valence-electron chi connectivity index (χ0n) is 12.1. The number of unbranched alkanes of at least 4 members (excludes halogenated alkanes) is 3. The first-order valence-corrected chi connectivity index (χ1v) is 7.76. The van der Waals surface area contributed by atoms with Gasteiger partial charge in [-0.15, -0.1) is 0 Å². The summed E-state index contributed by atoms with van der Waals surface area (Å²) in [4.78, 5) is 9.07.